The smallest absolute Gasteiger partial charge is 0.241 e. The highest BCUT2D eigenvalue weighted by atomic mass is 127. The lowest BCUT2D eigenvalue weighted by atomic mass is 10.1. The summed E-state index contributed by atoms with van der Waals surface area (Å²) in [5, 5.41) is 16.2. The van der Waals surface area contributed by atoms with Gasteiger partial charge in [-0.25, -0.2) is 4.99 Å². The maximum Gasteiger partial charge on any atom is 0.241 e. The van der Waals surface area contributed by atoms with Gasteiger partial charge in [0, 0.05) is 40.3 Å². The Kier molecular flexibility index (Phi) is 11.5. The summed E-state index contributed by atoms with van der Waals surface area (Å²) in [5.74, 6) is 1.13. The minimum atomic E-state index is -0.213. The number of hydrogen-bond donors (Lipinski definition) is 3. The number of nitrogens with one attached hydrogen (secondary N) is 2. The van der Waals surface area contributed by atoms with Crippen molar-refractivity contribution in [2.24, 2.45) is 10.9 Å². The van der Waals surface area contributed by atoms with E-state index in [-0.39, 0.29) is 42.5 Å². The summed E-state index contributed by atoms with van der Waals surface area (Å²) >= 11 is 0. The first-order valence-electron chi connectivity index (χ1n) is 10.0. The summed E-state index contributed by atoms with van der Waals surface area (Å²) in [5.41, 5.74) is 2.39. The number of aliphatic hydroxyl groups is 1. The monoisotopic (exact) mass is 517 g/mol. The number of rotatable bonds is 8. The number of amides is 1. The number of aliphatic imine (C=N–C) groups is 1. The van der Waals surface area contributed by atoms with E-state index in [2.05, 4.69) is 41.5 Å². The Hall–Kier alpha value is -1.39. The van der Waals surface area contributed by atoms with E-state index in [1.54, 1.807) is 19.0 Å². The lowest BCUT2D eigenvalue weighted by molar-refractivity contribution is -0.127. The summed E-state index contributed by atoms with van der Waals surface area (Å²) in [6.45, 7) is 8.28. The molecule has 1 aliphatic heterocycles. The van der Waals surface area contributed by atoms with Gasteiger partial charge in [-0.2, -0.15) is 0 Å². The van der Waals surface area contributed by atoms with Gasteiger partial charge in [0.2, 0.25) is 5.91 Å². The first-order chi connectivity index (χ1) is 13.3. The van der Waals surface area contributed by atoms with Crippen LogP contribution in [0.4, 0.5) is 0 Å². The molecule has 1 atom stereocenters. The molecule has 0 bridgehead atoms. The first kappa shape index (κ1) is 25.6. The second-order valence-corrected chi connectivity index (χ2v) is 8.03. The summed E-state index contributed by atoms with van der Waals surface area (Å²) in [6, 6.07) is 8.29. The number of carbonyl (C=O) groups excluding carboxylic acids is 1. The van der Waals surface area contributed by atoms with Crippen molar-refractivity contribution < 1.29 is 9.90 Å². The Balaban J connectivity index is 0.00000420. The van der Waals surface area contributed by atoms with Crippen LogP contribution in [0.2, 0.25) is 0 Å². The van der Waals surface area contributed by atoms with Crippen LogP contribution in [0.1, 0.15) is 31.4 Å². The van der Waals surface area contributed by atoms with Gasteiger partial charge in [-0.15, -0.1) is 24.0 Å². The van der Waals surface area contributed by atoms with E-state index in [1.807, 2.05) is 12.1 Å². The molecule has 164 valence electrons. The zero-order valence-corrected chi connectivity index (χ0v) is 20.3. The number of hydrogen-bond acceptors (Lipinski definition) is 4. The number of nitrogens with zero attached hydrogens (tertiary/aromatic N) is 3. The molecular weight excluding hydrogens is 481 g/mol. The minimum Gasteiger partial charge on any atom is -0.392 e. The predicted molar refractivity (Wildman–Crippen MR) is 128 cm³/mol. The van der Waals surface area contributed by atoms with Crippen LogP contribution in [0, 0.1) is 5.92 Å². The van der Waals surface area contributed by atoms with Crippen molar-refractivity contribution in [3.05, 3.63) is 35.4 Å². The van der Waals surface area contributed by atoms with Crippen LogP contribution in [0.5, 0.6) is 0 Å². The van der Waals surface area contributed by atoms with E-state index < -0.39 is 0 Å². The summed E-state index contributed by atoms with van der Waals surface area (Å²) < 4.78 is 0. The maximum absolute atomic E-state index is 11.9. The van der Waals surface area contributed by atoms with Gasteiger partial charge < -0.3 is 20.6 Å². The second-order valence-electron chi connectivity index (χ2n) is 8.03. The number of aliphatic hydroxyl groups excluding tert-OH is 1. The fourth-order valence-corrected chi connectivity index (χ4v) is 3.02. The van der Waals surface area contributed by atoms with Crippen molar-refractivity contribution in [1.29, 1.82) is 0 Å². The number of β-amino-alcohol motifs (C(OH)–C–C–N with tert-alkyl or cyclic N) is 1. The Morgan fingerprint density at radius 1 is 1.28 bits per heavy atom. The molecular formula is C21H36IN5O2. The van der Waals surface area contributed by atoms with Gasteiger partial charge in [-0.1, -0.05) is 38.1 Å². The Morgan fingerprint density at radius 3 is 2.55 bits per heavy atom. The third-order valence-corrected chi connectivity index (χ3v) is 4.75. The van der Waals surface area contributed by atoms with Crippen molar-refractivity contribution in [3.8, 4) is 0 Å². The molecule has 29 heavy (non-hydrogen) atoms. The van der Waals surface area contributed by atoms with Crippen LogP contribution in [-0.2, 0) is 17.9 Å². The van der Waals surface area contributed by atoms with E-state index in [1.165, 1.54) is 5.56 Å². The number of carbonyl (C=O) groups is 1. The van der Waals surface area contributed by atoms with Crippen molar-refractivity contribution in [3.63, 3.8) is 0 Å². The van der Waals surface area contributed by atoms with E-state index >= 15 is 0 Å². The molecule has 0 spiro atoms. The van der Waals surface area contributed by atoms with E-state index in [4.69, 9.17) is 4.99 Å². The van der Waals surface area contributed by atoms with Gasteiger partial charge in [0.1, 0.15) is 0 Å². The fourth-order valence-electron chi connectivity index (χ4n) is 3.02. The lowest BCUT2D eigenvalue weighted by Gasteiger charge is -2.18. The topological polar surface area (TPSA) is 80.2 Å². The molecule has 1 unspecified atom stereocenters. The molecule has 1 aliphatic rings. The lowest BCUT2D eigenvalue weighted by Crippen LogP contribution is -2.44. The van der Waals surface area contributed by atoms with Crippen LogP contribution < -0.4 is 10.6 Å². The van der Waals surface area contributed by atoms with Crippen molar-refractivity contribution >= 4 is 35.8 Å². The molecule has 1 heterocycles. The molecule has 1 amide bonds. The fraction of sp³-hybridized carbons (Fsp3) is 0.619. The standard InChI is InChI=1S/C21H35N5O2.HI/c1-16(2)11-22-21(24-13-20(28)25(3)4)23-12-17-7-5-6-8-18(17)14-26-10-9-19(27)15-26;/h5-8,16,19,27H,9-15H2,1-4H3,(H2,22,23,24);1H. The predicted octanol–water partition coefficient (Wildman–Crippen LogP) is 1.65. The zero-order valence-electron chi connectivity index (χ0n) is 18.0. The van der Waals surface area contributed by atoms with Gasteiger partial charge in [-0.05, 0) is 23.5 Å². The number of likely N-dealkylation sites (N-methyl/N-ethyl adjacent to an activating group) is 1. The molecule has 0 aliphatic carbocycles. The second kappa shape index (κ2) is 13.0. The van der Waals surface area contributed by atoms with E-state index in [9.17, 15) is 9.90 Å². The third kappa shape index (κ3) is 9.31. The molecule has 0 aromatic heterocycles. The molecule has 2 rings (SSSR count). The molecule has 8 heteroatoms. The van der Waals surface area contributed by atoms with Gasteiger partial charge in [0.05, 0.1) is 19.2 Å². The zero-order chi connectivity index (χ0) is 20.5. The average molecular weight is 517 g/mol. The third-order valence-electron chi connectivity index (χ3n) is 4.75. The van der Waals surface area contributed by atoms with Gasteiger partial charge in [-0.3, -0.25) is 9.69 Å². The molecule has 0 radical (unpaired) electrons. The quantitative estimate of drug-likeness (QED) is 0.278. The number of likely N-dealkylation sites (tertiary alicyclic amines) is 1. The average Bonchev–Trinajstić information content (AvgIpc) is 3.06. The van der Waals surface area contributed by atoms with Crippen LogP contribution in [0.15, 0.2) is 29.3 Å². The Labute approximate surface area is 192 Å². The minimum absolute atomic E-state index is 0. The normalized spacial score (nSPS) is 17.2. The Bertz CT molecular complexity index is 666. The van der Waals surface area contributed by atoms with E-state index in [0.717, 1.165) is 38.2 Å². The highest BCUT2D eigenvalue weighted by Crippen LogP contribution is 2.17. The first-order valence-corrected chi connectivity index (χ1v) is 10.0. The highest BCUT2D eigenvalue weighted by Gasteiger charge is 2.20. The maximum atomic E-state index is 11.9. The number of guanidine groups is 1. The molecule has 1 fully saturated rings. The van der Waals surface area contributed by atoms with Crippen molar-refractivity contribution in [2.45, 2.75) is 39.5 Å². The SMILES string of the molecule is CC(C)CNC(=NCc1ccccc1CN1CCC(O)C1)NCC(=O)N(C)C.I. The van der Waals surface area contributed by atoms with Crippen LogP contribution in [0.3, 0.4) is 0 Å². The molecule has 1 aromatic rings. The number of benzene rings is 1. The van der Waals surface area contributed by atoms with Crippen molar-refractivity contribution in [1.82, 2.24) is 20.4 Å². The van der Waals surface area contributed by atoms with Crippen LogP contribution >= 0.6 is 24.0 Å². The largest absolute Gasteiger partial charge is 0.392 e. The molecule has 7 nitrogen and oxygen atoms in total. The molecule has 0 saturated carbocycles. The summed E-state index contributed by atoms with van der Waals surface area (Å²) in [7, 11) is 3.49. The number of halogens is 1. The highest BCUT2D eigenvalue weighted by molar-refractivity contribution is 14.0. The van der Waals surface area contributed by atoms with Crippen LogP contribution in [0.25, 0.3) is 0 Å². The van der Waals surface area contributed by atoms with Crippen molar-refractivity contribution in [2.75, 3.05) is 40.3 Å². The van der Waals surface area contributed by atoms with Gasteiger partial charge in [0.15, 0.2) is 5.96 Å². The molecule has 1 aromatic carbocycles. The summed E-state index contributed by atoms with van der Waals surface area (Å²) in [6.07, 6.45) is 0.628. The Morgan fingerprint density at radius 2 is 1.97 bits per heavy atom. The van der Waals surface area contributed by atoms with Gasteiger partial charge in [0.25, 0.3) is 0 Å². The van der Waals surface area contributed by atoms with Crippen LogP contribution in [-0.4, -0.2) is 73.2 Å². The van der Waals surface area contributed by atoms with E-state index in [0.29, 0.717) is 18.4 Å². The molecule has 3 N–H and O–H groups in total. The summed E-state index contributed by atoms with van der Waals surface area (Å²) in [4.78, 5) is 20.4. The van der Waals surface area contributed by atoms with Gasteiger partial charge >= 0.3 is 0 Å². The molecule has 1 saturated heterocycles.